The number of H-pyrrole nitrogens is 1. The summed E-state index contributed by atoms with van der Waals surface area (Å²) in [5, 5.41) is 2.69. The quantitative estimate of drug-likeness (QED) is 0.851. The van der Waals surface area contributed by atoms with Gasteiger partial charge in [-0.1, -0.05) is 19.9 Å². The second-order valence-electron chi connectivity index (χ2n) is 7.03. The number of alkyl halides is 1. The molecule has 1 aliphatic carbocycles. The molecule has 3 atom stereocenters. The maximum atomic E-state index is 13.1. The molecule has 2 aromatic rings. The molecule has 1 aromatic carbocycles. The van der Waals surface area contributed by atoms with Crippen LogP contribution in [0.2, 0.25) is 0 Å². The molecular formula is C20H23FN2O3. The van der Waals surface area contributed by atoms with Crippen LogP contribution in [-0.2, 0) is 6.67 Å². The van der Waals surface area contributed by atoms with Gasteiger partial charge in [0.2, 0.25) is 5.56 Å². The lowest BCUT2D eigenvalue weighted by Crippen LogP contribution is -2.19. The van der Waals surface area contributed by atoms with Gasteiger partial charge in [-0.25, -0.2) is 4.39 Å². The van der Waals surface area contributed by atoms with E-state index in [0.717, 1.165) is 12.8 Å². The Bertz CT molecular complexity index is 839. The van der Waals surface area contributed by atoms with Crippen molar-refractivity contribution in [2.24, 2.45) is 11.8 Å². The first kappa shape index (κ1) is 18.2. The number of benzene rings is 1. The summed E-state index contributed by atoms with van der Waals surface area (Å²) in [6, 6.07) is 7.61. The maximum absolute atomic E-state index is 13.1. The molecule has 2 N–H and O–H groups in total. The molecule has 26 heavy (non-hydrogen) atoms. The molecule has 0 saturated heterocycles. The van der Waals surface area contributed by atoms with E-state index in [1.807, 2.05) is 0 Å². The predicted octanol–water partition coefficient (Wildman–Crippen LogP) is 3.91. The molecule has 6 heteroatoms. The van der Waals surface area contributed by atoms with Gasteiger partial charge in [0.15, 0.2) is 0 Å². The van der Waals surface area contributed by atoms with Gasteiger partial charge in [-0.05, 0) is 48.4 Å². The molecule has 1 aromatic heterocycles. The Labute approximate surface area is 151 Å². The number of halogens is 1. The van der Waals surface area contributed by atoms with Crippen molar-refractivity contribution < 1.29 is 13.9 Å². The lowest BCUT2D eigenvalue weighted by molar-refractivity contribution is 0.101. The molecule has 1 amide bonds. The summed E-state index contributed by atoms with van der Waals surface area (Å²) >= 11 is 0. The van der Waals surface area contributed by atoms with Crippen molar-refractivity contribution in [1.29, 1.82) is 0 Å². The molecule has 0 bridgehead atoms. The van der Waals surface area contributed by atoms with Crippen molar-refractivity contribution in [2.75, 3.05) is 5.32 Å². The monoisotopic (exact) mass is 358 g/mol. The van der Waals surface area contributed by atoms with Crippen molar-refractivity contribution in [3.8, 4) is 5.75 Å². The molecule has 1 saturated carbocycles. The van der Waals surface area contributed by atoms with E-state index < -0.39 is 12.6 Å². The van der Waals surface area contributed by atoms with Crippen LogP contribution in [0.3, 0.4) is 0 Å². The fourth-order valence-electron chi connectivity index (χ4n) is 3.32. The smallest absolute Gasteiger partial charge is 0.259 e. The van der Waals surface area contributed by atoms with Gasteiger partial charge in [0, 0.05) is 18.0 Å². The topological polar surface area (TPSA) is 71.2 Å². The molecule has 0 spiro atoms. The summed E-state index contributed by atoms with van der Waals surface area (Å²) in [4.78, 5) is 26.5. The van der Waals surface area contributed by atoms with Crippen LogP contribution in [0.1, 0.15) is 42.6 Å². The number of rotatable bonds is 5. The van der Waals surface area contributed by atoms with Gasteiger partial charge in [0.25, 0.3) is 5.91 Å². The zero-order valence-electron chi connectivity index (χ0n) is 14.9. The van der Waals surface area contributed by atoms with Crippen LogP contribution in [0.25, 0.3) is 0 Å². The number of anilines is 1. The Hall–Kier alpha value is -2.63. The van der Waals surface area contributed by atoms with E-state index in [0.29, 0.717) is 34.4 Å². The van der Waals surface area contributed by atoms with E-state index in [1.54, 1.807) is 24.3 Å². The Balaban J connectivity index is 1.83. The summed E-state index contributed by atoms with van der Waals surface area (Å²) in [6.45, 7) is 3.75. The first-order valence-corrected chi connectivity index (χ1v) is 8.82. The average molecular weight is 358 g/mol. The number of aromatic nitrogens is 1. The summed E-state index contributed by atoms with van der Waals surface area (Å²) < 4.78 is 19.1. The fraction of sp³-hybridized carbons (Fsp3) is 0.400. The van der Waals surface area contributed by atoms with Gasteiger partial charge in [-0.2, -0.15) is 0 Å². The normalized spacial score (nSPS) is 22.2. The number of amides is 1. The number of nitrogens with one attached hydrogen (secondary N) is 2. The van der Waals surface area contributed by atoms with Gasteiger partial charge < -0.3 is 15.0 Å². The molecule has 1 fully saturated rings. The number of hydrogen-bond donors (Lipinski definition) is 2. The number of carbonyl (C=O) groups is 1. The van der Waals surface area contributed by atoms with Crippen LogP contribution in [-0.4, -0.2) is 17.0 Å². The summed E-state index contributed by atoms with van der Waals surface area (Å²) in [5.41, 5.74) is 0.879. The molecular weight excluding hydrogens is 335 g/mol. The van der Waals surface area contributed by atoms with Crippen molar-refractivity contribution in [1.82, 2.24) is 4.98 Å². The fourth-order valence-corrected chi connectivity index (χ4v) is 3.32. The standard InChI is InChI=1S/C20H23FN2O3/c1-12-7-16(8-13(12)2)26-18-9-14(11-21)3-4-17(18)20(25)23-15-5-6-22-19(24)10-15/h3-6,9-10,12-13,16H,7-8,11H2,1-2H3,(H2,22,23,24,25)/t12-,13+,16?. The van der Waals surface area contributed by atoms with E-state index in [-0.39, 0.29) is 11.7 Å². The Kier molecular flexibility index (Phi) is 5.40. The number of hydrogen-bond acceptors (Lipinski definition) is 3. The van der Waals surface area contributed by atoms with Gasteiger partial charge in [0.1, 0.15) is 12.4 Å². The third kappa shape index (κ3) is 4.12. The highest BCUT2D eigenvalue weighted by Gasteiger charge is 2.30. The molecule has 0 aliphatic heterocycles. The summed E-state index contributed by atoms with van der Waals surface area (Å²) in [7, 11) is 0. The third-order valence-electron chi connectivity index (χ3n) is 5.01. The Morgan fingerprint density at radius 3 is 2.62 bits per heavy atom. The van der Waals surface area contributed by atoms with Gasteiger partial charge >= 0.3 is 0 Å². The van der Waals surface area contributed by atoms with Crippen molar-refractivity contribution in [3.05, 3.63) is 58.0 Å². The molecule has 5 nitrogen and oxygen atoms in total. The lowest BCUT2D eigenvalue weighted by atomic mass is 10.0. The second-order valence-corrected chi connectivity index (χ2v) is 7.03. The highest BCUT2D eigenvalue weighted by molar-refractivity contribution is 6.06. The van der Waals surface area contributed by atoms with E-state index in [1.165, 1.54) is 12.3 Å². The van der Waals surface area contributed by atoms with Crippen molar-refractivity contribution in [2.45, 2.75) is 39.5 Å². The number of pyridine rings is 1. The largest absolute Gasteiger partial charge is 0.490 e. The molecule has 1 aliphatic rings. The highest BCUT2D eigenvalue weighted by atomic mass is 19.1. The van der Waals surface area contributed by atoms with Crippen LogP contribution in [0.5, 0.6) is 5.75 Å². The van der Waals surface area contributed by atoms with E-state index in [4.69, 9.17) is 4.74 Å². The van der Waals surface area contributed by atoms with Crippen molar-refractivity contribution in [3.63, 3.8) is 0 Å². The van der Waals surface area contributed by atoms with Gasteiger partial charge in [-0.3, -0.25) is 9.59 Å². The van der Waals surface area contributed by atoms with Gasteiger partial charge in [-0.15, -0.1) is 0 Å². The van der Waals surface area contributed by atoms with Crippen LogP contribution in [0, 0.1) is 11.8 Å². The lowest BCUT2D eigenvalue weighted by Gasteiger charge is -2.17. The Morgan fingerprint density at radius 2 is 1.96 bits per heavy atom. The summed E-state index contributed by atoms with van der Waals surface area (Å²) in [5.74, 6) is 1.10. The molecule has 1 unspecified atom stereocenters. The first-order valence-electron chi connectivity index (χ1n) is 8.82. The van der Waals surface area contributed by atoms with E-state index >= 15 is 0 Å². The minimum absolute atomic E-state index is 0.0148. The van der Waals surface area contributed by atoms with Crippen LogP contribution >= 0.6 is 0 Å². The molecule has 0 radical (unpaired) electrons. The van der Waals surface area contributed by atoms with Crippen LogP contribution in [0.4, 0.5) is 10.1 Å². The van der Waals surface area contributed by atoms with E-state index in [9.17, 15) is 14.0 Å². The Morgan fingerprint density at radius 1 is 1.23 bits per heavy atom. The number of ether oxygens (including phenoxy) is 1. The predicted molar refractivity (Wildman–Crippen MR) is 98.2 cm³/mol. The van der Waals surface area contributed by atoms with E-state index in [2.05, 4.69) is 24.1 Å². The SMILES string of the molecule is C[C@@H]1CC(Oc2cc(CF)ccc2C(=O)Nc2cc[nH]c(=O)c2)C[C@@H]1C. The minimum Gasteiger partial charge on any atom is -0.490 e. The minimum atomic E-state index is -0.621. The average Bonchev–Trinajstić information content (AvgIpc) is 2.92. The van der Waals surface area contributed by atoms with Crippen LogP contribution in [0.15, 0.2) is 41.3 Å². The van der Waals surface area contributed by atoms with Crippen LogP contribution < -0.4 is 15.6 Å². The maximum Gasteiger partial charge on any atom is 0.259 e. The molecule has 138 valence electrons. The highest BCUT2D eigenvalue weighted by Crippen LogP contribution is 2.35. The molecule has 1 heterocycles. The van der Waals surface area contributed by atoms with Crippen molar-refractivity contribution >= 4 is 11.6 Å². The third-order valence-corrected chi connectivity index (χ3v) is 5.01. The number of aromatic amines is 1. The van der Waals surface area contributed by atoms with Gasteiger partial charge in [0.05, 0.1) is 11.7 Å². The zero-order chi connectivity index (χ0) is 18.7. The second kappa shape index (κ2) is 7.72. The number of carbonyl (C=O) groups excluding carboxylic acids is 1. The molecule has 3 rings (SSSR count). The zero-order valence-corrected chi connectivity index (χ0v) is 14.9. The first-order chi connectivity index (χ1) is 12.5. The summed E-state index contributed by atoms with van der Waals surface area (Å²) in [6.07, 6.45) is 3.30.